The number of rotatable bonds is 7. The van der Waals surface area contributed by atoms with Crippen LogP contribution >= 0.6 is 11.6 Å². The number of nitrogens with one attached hydrogen (secondary N) is 2. The van der Waals surface area contributed by atoms with Gasteiger partial charge in [0.25, 0.3) is 11.8 Å². The molecule has 0 aliphatic carbocycles. The van der Waals surface area contributed by atoms with Gasteiger partial charge in [0, 0.05) is 25.5 Å². The van der Waals surface area contributed by atoms with Gasteiger partial charge in [0.1, 0.15) is 6.04 Å². The second-order valence-corrected chi connectivity index (χ2v) is 7.09. The maximum atomic E-state index is 12.3. The van der Waals surface area contributed by atoms with Gasteiger partial charge in [0.05, 0.1) is 10.6 Å². The smallest absolute Gasteiger partial charge is 0.329 e. The summed E-state index contributed by atoms with van der Waals surface area (Å²) in [5, 5.41) is 5.48. The van der Waals surface area contributed by atoms with Gasteiger partial charge in [-0.15, -0.1) is 0 Å². The summed E-state index contributed by atoms with van der Waals surface area (Å²) in [7, 11) is 3.83. The first-order valence-electron chi connectivity index (χ1n) is 9.03. The van der Waals surface area contributed by atoms with Crippen molar-refractivity contribution in [2.24, 2.45) is 0 Å². The Morgan fingerprint density at radius 2 is 1.62 bits per heavy atom. The molecular formula is C21H24ClN3O4. The van der Waals surface area contributed by atoms with E-state index in [-0.39, 0.29) is 10.6 Å². The monoisotopic (exact) mass is 417 g/mol. The van der Waals surface area contributed by atoms with Crippen LogP contribution in [0.2, 0.25) is 5.02 Å². The standard InChI is InChI=1S/C21H24ClN3O4/c1-13(23-20(27)17-7-5-6-8-18(17)22)21(28)29-14(2)19(26)24-15-9-11-16(12-10-15)25(3)4/h5-14H,1-4H3,(H,23,27)(H,24,26)/t13-,14?/m0/s1. The highest BCUT2D eigenvalue weighted by Crippen LogP contribution is 2.16. The number of carbonyl (C=O) groups excluding carboxylic acids is 3. The number of nitrogens with zero attached hydrogens (tertiary/aromatic N) is 1. The first kappa shape index (κ1) is 22.2. The molecule has 0 radical (unpaired) electrons. The van der Waals surface area contributed by atoms with Crippen LogP contribution in [0.1, 0.15) is 24.2 Å². The van der Waals surface area contributed by atoms with Crippen LogP contribution in [0, 0.1) is 0 Å². The van der Waals surface area contributed by atoms with E-state index in [1.165, 1.54) is 13.8 Å². The van der Waals surface area contributed by atoms with Gasteiger partial charge in [-0.25, -0.2) is 4.79 Å². The molecular weight excluding hydrogens is 394 g/mol. The lowest BCUT2D eigenvalue weighted by Crippen LogP contribution is -2.42. The van der Waals surface area contributed by atoms with Crippen molar-refractivity contribution in [2.45, 2.75) is 26.0 Å². The minimum Gasteiger partial charge on any atom is -0.451 e. The maximum absolute atomic E-state index is 12.3. The van der Waals surface area contributed by atoms with E-state index >= 15 is 0 Å². The quantitative estimate of drug-likeness (QED) is 0.676. The Labute approximate surface area is 175 Å². The van der Waals surface area contributed by atoms with Crippen LogP contribution in [0.3, 0.4) is 0 Å². The number of hydrogen-bond donors (Lipinski definition) is 2. The molecule has 0 aliphatic rings. The zero-order valence-corrected chi connectivity index (χ0v) is 17.5. The van der Waals surface area contributed by atoms with Crippen molar-refractivity contribution in [3.05, 3.63) is 59.1 Å². The summed E-state index contributed by atoms with van der Waals surface area (Å²) in [5.74, 6) is -1.70. The van der Waals surface area contributed by atoms with Crippen LogP contribution in [0.25, 0.3) is 0 Å². The second kappa shape index (κ2) is 9.93. The largest absolute Gasteiger partial charge is 0.451 e. The first-order chi connectivity index (χ1) is 13.7. The van der Waals surface area contributed by atoms with Crippen molar-refractivity contribution >= 4 is 40.8 Å². The summed E-state index contributed by atoms with van der Waals surface area (Å²) in [6.07, 6.45) is -1.03. The Morgan fingerprint density at radius 3 is 2.21 bits per heavy atom. The normalized spacial score (nSPS) is 12.4. The number of benzene rings is 2. The van der Waals surface area contributed by atoms with Crippen molar-refractivity contribution in [3.63, 3.8) is 0 Å². The molecule has 0 saturated heterocycles. The number of halogens is 1. The Hall–Kier alpha value is -3.06. The lowest BCUT2D eigenvalue weighted by atomic mass is 10.2. The Kier molecular flexibility index (Phi) is 7.61. The van der Waals surface area contributed by atoms with Gasteiger partial charge in [-0.05, 0) is 50.2 Å². The lowest BCUT2D eigenvalue weighted by molar-refractivity contribution is -0.154. The summed E-state index contributed by atoms with van der Waals surface area (Å²) < 4.78 is 5.17. The summed E-state index contributed by atoms with van der Waals surface area (Å²) in [6, 6.07) is 12.8. The molecule has 0 aliphatic heterocycles. The number of anilines is 2. The van der Waals surface area contributed by atoms with Gasteiger partial charge in [-0.2, -0.15) is 0 Å². The van der Waals surface area contributed by atoms with E-state index < -0.39 is 29.9 Å². The van der Waals surface area contributed by atoms with E-state index in [1.807, 2.05) is 31.1 Å². The Morgan fingerprint density at radius 1 is 1.00 bits per heavy atom. The summed E-state index contributed by atoms with van der Waals surface area (Å²) in [6.45, 7) is 2.94. The minimum atomic E-state index is -1.03. The third kappa shape index (κ3) is 6.22. The highest BCUT2D eigenvalue weighted by molar-refractivity contribution is 6.33. The van der Waals surface area contributed by atoms with Gasteiger partial charge < -0.3 is 20.3 Å². The number of hydrogen-bond acceptors (Lipinski definition) is 5. The molecule has 2 rings (SSSR count). The molecule has 0 aromatic heterocycles. The molecule has 0 saturated carbocycles. The van der Waals surface area contributed by atoms with Crippen LogP contribution in [0.5, 0.6) is 0 Å². The molecule has 0 heterocycles. The average Bonchev–Trinajstić information content (AvgIpc) is 2.68. The van der Waals surface area contributed by atoms with Crippen molar-refractivity contribution < 1.29 is 19.1 Å². The highest BCUT2D eigenvalue weighted by atomic mass is 35.5. The van der Waals surface area contributed by atoms with Crippen LogP contribution in [-0.2, 0) is 14.3 Å². The van der Waals surface area contributed by atoms with Crippen molar-refractivity contribution in [1.82, 2.24) is 5.32 Å². The SMILES string of the molecule is CC(OC(=O)[C@H](C)NC(=O)c1ccccc1Cl)C(=O)Nc1ccc(N(C)C)cc1. The molecule has 0 fully saturated rings. The van der Waals surface area contributed by atoms with Crippen molar-refractivity contribution in [3.8, 4) is 0 Å². The summed E-state index contributed by atoms with van der Waals surface area (Å²) in [5.41, 5.74) is 1.83. The third-order valence-corrected chi connectivity index (χ3v) is 4.46. The van der Waals surface area contributed by atoms with Gasteiger partial charge in [-0.3, -0.25) is 9.59 Å². The van der Waals surface area contributed by atoms with Crippen molar-refractivity contribution in [2.75, 3.05) is 24.3 Å². The topological polar surface area (TPSA) is 87.7 Å². The fourth-order valence-corrected chi connectivity index (χ4v) is 2.62. The predicted molar refractivity (Wildman–Crippen MR) is 113 cm³/mol. The van der Waals surface area contributed by atoms with E-state index in [0.29, 0.717) is 5.69 Å². The number of ether oxygens (including phenoxy) is 1. The molecule has 2 N–H and O–H groups in total. The predicted octanol–water partition coefficient (Wildman–Crippen LogP) is 3.09. The molecule has 29 heavy (non-hydrogen) atoms. The van der Waals surface area contributed by atoms with E-state index in [2.05, 4.69) is 10.6 Å². The maximum Gasteiger partial charge on any atom is 0.329 e. The third-order valence-electron chi connectivity index (χ3n) is 4.13. The van der Waals surface area contributed by atoms with Crippen molar-refractivity contribution in [1.29, 1.82) is 0 Å². The molecule has 2 amide bonds. The molecule has 1 unspecified atom stereocenters. The average molecular weight is 418 g/mol. The Bertz CT molecular complexity index is 884. The van der Waals surface area contributed by atoms with Crippen LogP contribution in [0.15, 0.2) is 48.5 Å². The van der Waals surface area contributed by atoms with E-state index in [9.17, 15) is 14.4 Å². The van der Waals surface area contributed by atoms with Gasteiger partial charge in [-0.1, -0.05) is 23.7 Å². The number of amides is 2. The van der Waals surface area contributed by atoms with E-state index in [4.69, 9.17) is 16.3 Å². The molecule has 7 nitrogen and oxygen atoms in total. The van der Waals surface area contributed by atoms with Gasteiger partial charge >= 0.3 is 5.97 Å². The van der Waals surface area contributed by atoms with Crippen LogP contribution in [0.4, 0.5) is 11.4 Å². The van der Waals surface area contributed by atoms with Crippen LogP contribution in [-0.4, -0.2) is 44.0 Å². The molecule has 2 atom stereocenters. The molecule has 2 aromatic rings. The van der Waals surface area contributed by atoms with E-state index in [1.54, 1.807) is 36.4 Å². The molecule has 0 bridgehead atoms. The molecule has 2 aromatic carbocycles. The Balaban J connectivity index is 1.89. The van der Waals surface area contributed by atoms with Gasteiger partial charge in [0.15, 0.2) is 6.10 Å². The fourth-order valence-electron chi connectivity index (χ4n) is 2.40. The molecule has 8 heteroatoms. The van der Waals surface area contributed by atoms with Gasteiger partial charge in [0.2, 0.25) is 0 Å². The van der Waals surface area contributed by atoms with E-state index in [0.717, 1.165) is 5.69 Å². The lowest BCUT2D eigenvalue weighted by Gasteiger charge is -2.18. The van der Waals surface area contributed by atoms with Crippen LogP contribution < -0.4 is 15.5 Å². The first-order valence-corrected chi connectivity index (χ1v) is 9.41. The summed E-state index contributed by atoms with van der Waals surface area (Å²) >= 11 is 5.98. The molecule has 0 spiro atoms. The fraction of sp³-hybridized carbons (Fsp3) is 0.286. The molecule has 154 valence electrons. The number of esters is 1. The highest BCUT2D eigenvalue weighted by Gasteiger charge is 2.24. The zero-order valence-electron chi connectivity index (χ0n) is 16.7. The zero-order chi connectivity index (χ0) is 21.6. The second-order valence-electron chi connectivity index (χ2n) is 6.68. The minimum absolute atomic E-state index is 0.251. The summed E-state index contributed by atoms with van der Waals surface area (Å²) in [4.78, 5) is 38.7. The number of carbonyl (C=O) groups is 3.